The normalized spacial score (nSPS) is 15.8. The van der Waals surface area contributed by atoms with Gasteiger partial charge in [0, 0.05) is 13.1 Å². The Hall–Kier alpha value is -2.90. The van der Waals surface area contributed by atoms with Crippen LogP contribution in [-0.2, 0) is 6.42 Å². The maximum Gasteiger partial charge on any atom is 0.393 e. The average molecular weight is 402 g/mol. The molecule has 0 unspecified atom stereocenters. The van der Waals surface area contributed by atoms with Gasteiger partial charge in [0.05, 0.1) is 18.3 Å². The number of carbonyl (C=O) groups is 1. The molecule has 5 nitrogen and oxygen atoms in total. The number of halogens is 3. The summed E-state index contributed by atoms with van der Waals surface area (Å²) >= 11 is 0. The molecule has 0 aliphatic carbocycles. The first-order chi connectivity index (χ1) is 13.8. The van der Waals surface area contributed by atoms with E-state index >= 15 is 0 Å². The number of aromatic nitrogens is 3. The highest BCUT2D eigenvalue weighted by Crippen LogP contribution is 2.33. The minimum absolute atomic E-state index is 0.0167. The molecule has 1 saturated heterocycles. The molecule has 0 radical (unpaired) electrons. The third-order valence-electron chi connectivity index (χ3n) is 5.34. The van der Waals surface area contributed by atoms with Crippen LogP contribution < -0.4 is 0 Å². The van der Waals surface area contributed by atoms with E-state index in [1.54, 1.807) is 39.9 Å². The predicted molar refractivity (Wildman–Crippen MR) is 102 cm³/mol. The number of alkyl halides is 3. The monoisotopic (exact) mass is 402 g/mol. The molecule has 1 aliphatic heterocycles. The quantitative estimate of drug-likeness (QED) is 0.661. The van der Waals surface area contributed by atoms with Crippen LogP contribution in [0.25, 0.3) is 5.65 Å². The Kier molecular flexibility index (Phi) is 5.02. The number of fused-ring (bicyclic) bond motifs is 1. The van der Waals surface area contributed by atoms with Gasteiger partial charge >= 0.3 is 6.18 Å². The van der Waals surface area contributed by atoms with Gasteiger partial charge in [-0.2, -0.15) is 18.3 Å². The number of amides is 1. The van der Waals surface area contributed by atoms with Crippen LogP contribution in [0.15, 0.2) is 42.6 Å². The summed E-state index contributed by atoms with van der Waals surface area (Å²) in [5, 5.41) is 4.31. The highest BCUT2D eigenvalue weighted by atomic mass is 19.4. The Morgan fingerprint density at radius 2 is 1.86 bits per heavy atom. The fourth-order valence-electron chi connectivity index (χ4n) is 3.95. The van der Waals surface area contributed by atoms with Gasteiger partial charge < -0.3 is 4.90 Å². The van der Waals surface area contributed by atoms with E-state index in [2.05, 4.69) is 10.1 Å². The third-order valence-corrected chi connectivity index (χ3v) is 5.34. The lowest BCUT2D eigenvalue weighted by Crippen LogP contribution is -2.38. The Bertz CT molecular complexity index is 1040. The SMILES string of the molecule is Cc1ccc2nc(C(=O)N3CCC(c4ccccc4CC(F)(F)F)CC3)cn2n1. The highest BCUT2D eigenvalue weighted by molar-refractivity contribution is 5.93. The molecule has 3 heterocycles. The van der Waals surface area contributed by atoms with E-state index in [1.807, 2.05) is 19.1 Å². The summed E-state index contributed by atoms with van der Waals surface area (Å²) in [7, 11) is 0. The zero-order valence-corrected chi connectivity index (χ0v) is 16.0. The van der Waals surface area contributed by atoms with E-state index in [9.17, 15) is 18.0 Å². The minimum atomic E-state index is -4.23. The second-order valence-electron chi connectivity index (χ2n) is 7.46. The molecule has 8 heteroatoms. The molecule has 1 amide bonds. The van der Waals surface area contributed by atoms with Gasteiger partial charge in [-0.15, -0.1) is 0 Å². The highest BCUT2D eigenvalue weighted by Gasteiger charge is 2.32. The first kappa shape index (κ1) is 19.4. The molecule has 3 aromatic rings. The molecule has 152 valence electrons. The second kappa shape index (κ2) is 7.50. The van der Waals surface area contributed by atoms with Gasteiger partial charge in [0.25, 0.3) is 5.91 Å². The molecule has 0 spiro atoms. The molecule has 29 heavy (non-hydrogen) atoms. The van der Waals surface area contributed by atoms with Crippen LogP contribution in [0.4, 0.5) is 13.2 Å². The molecule has 2 aromatic heterocycles. The molecular formula is C21H21F3N4O. The zero-order chi connectivity index (χ0) is 20.6. The van der Waals surface area contributed by atoms with E-state index in [0.29, 0.717) is 42.8 Å². The molecule has 0 atom stereocenters. The fourth-order valence-corrected chi connectivity index (χ4v) is 3.95. The number of likely N-dealkylation sites (tertiary alicyclic amines) is 1. The smallest absolute Gasteiger partial charge is 0.337 e. The largest absolute Gasteiger partial charge is 0.393 e. The fraction of sp³-hybridized carbons (Fsp3) is 0.381. The predicted octanol–water partition coefficient (Wildman–Crippen LogP) is 4.16. The van der Waals surface area contributed by atoms with Crippen LogP contribution in [0, 0.1) is 6.92 Å². The van der Waals surface area contributed by atoms with E-state index in [4.69, 9.17) is 0 Å². The van der Waals surface area contributed by atoms with E-state index in [1.165, 1.54) is 0 Å². The number of benzene rings is 1. The van der Waals surface area contributed by atoms with Crippen molar-refractivity contribution >= 4 is 11.6 Å². The van der Waals surface area contributed by atoms with Crippen molar-refractivity contribution in [2.24, 2.45) is 0 Å². The number of rotatable bonds is 3. The van der Waals surface area contributed by atoms with Crippen LogP contribution in [0.2, 0.25) is 0 Å². The first-order valence-electron chi connectivity index (χ1n) is 9.57. The van der Waals surface area contributed by atoms with Crippen molar-refractivity contribution in [3.05, 3.63) is 65.1 Å². The minimum Gasteiger partial charge on any atom is -0.337 e. The standard InChI is InChI=1S/C21H21F3N4O/c1-14-6-7-19-25-18(13-28(19)26-14)20(29)27-10-8-15(9-11-27)17-5-3-2-4-16(17)12-21(22,23)24/h2-7,13,15H,8-12H2,1H3. The summed E-state index contributed by atoms with van der Waals surface area (Å²) in [6, 6.07) is 10.4. The lowest BCUT2D eigenvalue weighted by atomic mass is 9.85. The van der Waals surface area contributed by atoms with Gasteiger partial charge in [-0.25, -0.2) is 9.50 Å². The Morgan fingerprint density at radius 1 is 1.14 bits per heavy atom. The number of nitrogens with zero attached hydrogens (tertiary/aromatic N) is 4. The average Bonchev–Trinajstić information content (AvgIpc) is 3.10. The summed E-state index contributed by atoms with van der Waals surface area (Å²) in [6.45, 7) is 2.84. The van der Waals surface area contributed by atoms with Gasteiger partial charge in [-0.05, 0) is 48.9 Å². The zero-order valence-electron chi connectivity index (χ0n) is 16.0. The van der Waals surface area contributed by atoms with E-state index < -0.39 is 12.6 Å². The van der Waals surface area contributed by atoms with Crippen LogP contribution in [-0.4, -0.2) is 44.7 Å². The number of hydrogen-bond donors (Lipinski definition) is 0. The van der Waals surface area contributed by atoms with Gasteiger partial charge in [0.2, 0.25) is 0 Å². The van der Waals surface area contributed by atoms with Crippen molar-refractivity contribution in [3.8, 4) is 0 Å². The number of aryl methyl sites for hydroxylation is 1. The Labute approximate surface area is 166 Å². The molecule has 0 saturated carbocycles. The van der Waals surface area contributed by atoms with Gasteiger partial charge in [0.15, 0.2) is 5.65 Å². The molecule has 1 fully saturated rings. The molecular weight excluding hydrogens is 381 g/mol. The van der Waals surface area contributed by atoms with Crippen molar-refractivity contribution in [2.75, 3.05) is 13.1 Å². The first-order valence-corrected chi connectivity index (χ1v) is 9.57. The lowest BCUT2D eigenvalue weighted by molar-refractivity contribution is -0.127. The third kappa shape index (κ3) is 4.26. The van der Waals surface area contributed by atoms with Crippen LogP contribution >= 0.6 is 0 Å². The molecule has 1 aliphatic rings. The number of carbonyl (C=O) groups excluding carboxylic acids is 1. The van der Waals surface area contributed by atoms with Crippen molar-refractivity contribution in [1.82, 2.24) is 19.5 Å². The number of piperidine rings is 1. The molecule has 0 N–H and O–H groups in total. The summed E-state index contributed by atoms with van der Waals surface area (Å²) in [6.07, 6.45) is -2.27. The van der Waals surface area contributed by atoms with Crippen LogP contribution in [0.3, 0.4) is 0 Å². The lowest BCUT2D eigenvalue weighted by Gasteiger charge is -2.32. The summed E-state index contributed by atoms with van der Waals surface area (Å²) in [5.74, 6) is -0.154. The summed E-state index contributed by atoms with van der Waals surface area (Å²) in [5.41, 5.74) is 2.83. The van der Waals surface area contributed by atoms with Crippen molar-refractivity contribution < 1.29 is 18.0 Å². The topological polar surface area (TPSA) is 50.5 Å². The Morgan fingerprint density at radius 3 is 2.59 bits per heavy atom. The maximum absolute atomic E-state index is 12.9. The summed E-state index contributed by atoms with van der Waals surface area (Å²) < 4.78 is 40.3. The van der Waals surface area contributed by atoms with Crippen molar-refractivity contribution in [2.45, 2.75) is 38.3 Å². The van der Waals surface area contributed by atoms with Gasteiger partial charge in [0.1, 0.15) is 5.69 Å². The van der Waals surface area contributed by atoms with Gasteiger partial charge in [-0.1, -0.05) is 24.3 Å². The van der Waals surface area contributed by atoms with Crippen molar-refractivity contribution in [3.63, 3.8) is 0 Å². The number of hydrogen-bond acceptors (Lipinski definition) is 3. The van der Waals surface area contributed by atoms with Crippen LogP contribution in [0.5, 0.6) is 0 Å². The van der Waals surface area contributed by atoms with E-state index in [-0.39, 0.29) is 11.8 Å². The maximum atomic E-state index is 12.9. The number of imidazole rings is 1. The molecule has 0 bridgehead atoms. The second-order valence-corrected chi connectivity index (χ2v) is 7.46. The molecule has 1 aromatic carbocycles. The Balaban J connectivity index is 1.46. The van der Waals surface area contributed by atoms with Crippen LogP contribution in [0.1, 0.15) is 46.1 Å². The van der Waals surface area contributed by atoms with Crippen molar-refractivity contribution in [1.29, 1.82) is 0 Å². The summed E-state index contributed by atoms with van der Waals surface area (Å²) in [4.78, 5) is 18.9. The van der Waals surface area contributed by atoms with Gasteiger partial charge in [-0.3, -0.25) is 4.79 Å². The molecule has 4 rings (SSSR count). The van der Waals surface area contributed by atoms with E-state index in [0.717, 1.165) is 11.3 Å².